The molecule has 7 nitrogen and oxygen atoms in total. The van der Waals surface area contributed by atoms with Crippen LogP contribution in [-0.4, -0.2) is 22.6 Å². The fourth-order valence-electron chi connectivity index (χ4n) is 2.72. The first-order chi connectivity index (χ1) is 13.1. The number of fused-ring (bicyclic) bond motifs is 1. The summed E-state index contributed by atoms with van der Waals surface area (Å²) in [6.07, 6.45) is 3.38. The second-order valence-electron chi connectivity index (χ2n) is 5.85. The molecule has 0 spiro atoms. The van der Waals surface area contributed by atoms with Crippen molar-refractivity contribution in [2.45, 2.75) is 13.5 Å². The molecule has 0 fully saturated rings. The van der Waals surface area contributed by atoms with Gasteiger partial charge in [-0.1, -0.05) is 18.2 Å². The van der Waals surface area contributed by atoms with Crippen LogP contribution in [-0.2, 0) is 11.3 Å². The number of rotatable bonds is 5. The van der Waals surface area contributed by atoms with Crippen molar-refractivity contribution in [3.63, 3.8) is 0 Å². The Bertz CT molecular complexity index is 1060. The Kier molecular flexibility index (Phi) is 5.28. The summed E-state index contributed by atoms with van der Waals surface area (Å²) < 4.78 is 1.83. The SMILES string of the molecule is CC(=O)Nc1ccc(C(=O)NN=Cc2cn(CC#N)c3ccccc23)cc1. The van der Waals surface area contributed by atoms with E-state index in [9.17, 15) is 9.59 Å². The summed E-state index contributed by atoms with van der Waals surface area (Å²) >= 11 is 0. The summed E-state index contributed by atoms with van der Waals surface area (Å²) in [6, 6.07) is 16.3. The summed E-state index contributed by atoms with van der Waals surface area (Å²) in [5.41, 5.74) is 5.26. The van der Waals surface area contributed by atoms with Crippen molar-refractivity contribution in [1.82, 2.24) is 9.99 Å². The van der Waals surface area contributed by atoms with Crippen LogP contribution in [0.1, 0.15) is 22.8 Å². The molecule has 134 valence electrons. The highest BCUT2D eigenvalue weighted by Gasteiger charge is 2.07. The zero-order valence-electron chi connectivity index (χ0n) is 14.6. The van der Waals surface area contributed by atoms with Gasteiger partial charge >= 0.3 is 0 Å². The van der Waals surface area contributed by atoms with Crippen LogP contribution in [0.15, 0.2) is 59.8 Å². The van der Waals surface area contributed by atoms with E-state index in [1.165, 1.54) is 6.92 Å². The molecular formula is C20H17N5O2. The van der Waals surface area contributed by atoms with Crippen LogP contribution in [0.25, 0.3) is 10.9 Å². The average molecular weight is 359 g/mol. The van der Waals surface area contributed by atoms with E-state index in [1.54, 1.807) is 30.5 Å². The number of hydrazone groups is 1. The quantitative estimate of drug-likeness (QED) is 0.541. The molecule has 7 heteroatoms. The topological polar surface area (TPSA) is 99.3 Å². The lowest BCUT2D eigenvalue weighted by Crippen LogP contribution is -2.17. The molecule has 2 amide bonds. The van der Waals surface area contributed by atoms with Gasteiger partial charge in [0, 0.05) is 40.8 Å². The zero-order valence-corrected chi connectivity index (χ0v) is 14.6. The van der Waals surface area contributed by atoms with E-state index in [0.29, 0.717) is 11.3 Å². The van der Waals surface area contributed by atoms with Gasteiger partial charge in [0.1, 0.15) is 6.54 Å². The Labute approximate surface area is 155 Å². The summed E-state index contributed by atoms with van der Waals surface area (Å²) in [6.45, 7) is 1.66. The van der Waals surface area contributed by atoms with Gasteiger partial charge in [0.2, 0.25) is 5.91 Å². The van der Waals surface area contributed by atoms with Crippen molar-refractivity contribution >= 4 is 34.6 Å². The van der Waals surface area contributed by atoms with Crippen LogP contribution < -0.4 is 10.7 Å². The zero-order chi connectivity index (χ0) is 19.2. The van der Waals surface area contributed by atoms with Crippen LogP contribution >= 0.6 is 0 Å². The molecule has 2 N–H and O–H groups in total. The van der Waals surface area contributed by atoms with Crippen LogP contribution in [0, 0.1) is 11.3 Å². The van der Waals surface area contributed by atoms with Gasteiger partial charge in [-0.15, -0.1) is 0 Å². The van der Waals surface area contributed by atoms with Crippen molar-refractivity contribution in [3.8, 4) is 6.07 Å². The fourth-order valence-corrected chi connectivity index (χ4v) is 2.72. The minimum Gasteiger partial charge on any atom is -0.333 e. The molecule has 0 aliphatic carbocycles. The van der Waals surface area contributed by atoms with E-state index in [0.717, 1.165) is 16.5 Å². The highest BCUT2D eigenvalue weighted by Crippen LogP contribution is 2.19. The second kappa shape index (κ2) is 7.97. The number of nitrogens with one attached hydrogen (secondary N) is 2. The summed E-state index contributed by atoms with van der Waals surface area (Å²) in [7, 11) is 0. The number of anilines is 1. The van der Waals surface area contributed by atoms with Gasteiger partial charge in [-0.05, 0) is 30.3 Å². The summed E-state index contributed by atoms with van der Waals surface area (Å²) in [5.74, 6) is -0.534. The van der Waals surface area contributed by atoms with Crippen molar-refractivity contribution in [1.29, 1.82) is 5.26 Å². The minimum atomic E-state index is -0.360. The average Bonchev–Trinajstić information content (AvgIpc) is 3.00. The predicted octanol–water partition coefficient (Wildman–Crippen LogP) is 2.89. The molecular weight excluding hydrogens is 342 g/mol. The normalized spacial score (nSPS) is 10.7. The van der Waals surface area contributed by atoms with Crippen molar-refractivity contribution in [2.24, 2.45) is 5.10 Å². The Morgan fingerprint density at radius 2 is 1.93 bits per heavy atom. The highest BCUT2D eigenvalue weighted by atomic mass is 16.2. The number of carbonyl (C=O) groups excluding carboxylic acids is 2. The van der Waals surface area contributed by atoms with Gasteiger partial charge in [0.25, 0.3) is 5.91 Å². The van der Waals surface area contributed by atoms with E-state index in [-0.39, 0.29) is 18.4 Å². The van der Waals surface area contributed by atoms with Crippen LogP contribution in [0.5, 0.6) is 0 Å². The van der Waals surface area contributed by atoms with Crippen LogP contribution in [0.3, 0.4) is 0 Å². The number of benzene rings is 2. The van der Waals surface area contributed by atoms with E-state index >= 15 is 0 Å². The molecule has 3 rings (SSSR count). The molecule has 0 aliphatic heterocycles. The minimum absolute atomic E-state index is 0.174. The van der Waals surface area contributed by atoms with E-state index in [4.69, 9.17) is 5.26 Å². The van der Waals surface area contributed by atoms with Crippen molar-refractivity contribution < 1.29 is 9.59 Å². The molecule has 27 heavy (non-hydrogen) atoms. The molecule has 0 bridgehead atoms. The molecule has 2 aromatic carbocycles. The molecule has 1 heterocycles. The third kappa shape index (κ3) is 4.19. The van der Waals surface area contributed by atoms with Gasteiger partial charge in [0.05, 0.1) is 12.3 Å². The van der Waals surface area contributed by atoms with Gasteiger partial charge in [-0.25, -0.2) is 5.43 Å². The summed E-state index contributed by atoms with van der Waals surface area (Å²) in [5, 5.41) is 16.6. The number of aromatic nitrogens is 1. The maximum Gasteiger partial charge on any atom is 0.271 e. The number of amides is 2. The Morgan fingerprint density at radius 3 is 2.63 bits per heavy atom. The first-order valence-electron chi connectivity index (χ1n) is 8.24. The third-order valence-electron chi connectivity index (χ3n) is 3.90. The van der Waals surface area contributed by atoms with Crippen molar-refractivity contribution in [2.75, 3.05) is 5.32 Å². The molecule has 0 saturated carbocycles. The van der Waals surface area contributed by atoms with Gasteiger partial charge < -0.3 is 9.88 Å². The lowest BCUT2D eigenvalue weighted by molar-refractivity contribution is -0.114. The standard InChI is InChI=1S/C20H17N5O2/c1-14(26)23-17-8-6-15(7-9-17)20(27)24-22-12-16-13-25(11-10-21)19-5-3-2-4-18(16)19/h2-9,12-13H,11H2,1H3,(H,23,26)(H,24,27). The van der Waals surface area contributed by atoms with Gasteiger partial charge in [0.15, 0.2) is 0 Å². The molecule has 0 saturated heterocycles. The summed E-state index contributed by atoms with van der Waals surface area (Å²) in [4.78, 5) is 23.2. The van der Waals surface area contributed by atoms with Crippen molar-refractivity contribution in [3.05, 3.63) is 65.9 Å². The molecule has 0 unspecified atom stereocenters. The van der Waals surface area contributed by atoms with E-state index < -0.39 is 0 Å². The first kappa shape index (κ1) is 17.9. The number of nitriles is 1. The molecule has 0 radical (unpaired) electrons. The molecule has 3 aromatic rings. The Balaban J connectivity index is 1.72. The molecule has 0 aliphatic rings. The number of hydrogen-bond donors (Lipinski definition) is 2. The Morgan fingerprint density at radius 1 is 1.19 bits per heavy atom. The lowest BCUT2D eigenvalue weighted by atomic mass is 10.2. The number of carbonyl (C=O) groups is 2. The second-order valence-corrected chi connectivity index (χ2v) is 5.85. The Hall–Kier alpha value is -3.92. The number of hydrogen-bond acceptors (Lipinski definition) is 4. The van der Waals surface area contributed by atoms with Crippen LogP contribution in [0.2, 0.25) is 0 Å². The maximum absolute atomic E-state index is 12.2. The number of nitrogens with zero attached hydrogens (tertiary/aromatic N) is 3. The monoisotopic (exact) mass is 359 g/mol. The van der Waals surface area contributed by atoms with E-state index in [1.807, 2.05) is 35.0 Å². The predicted molar refractivity (Wildman–Crippen MR) is 103 cm³/mol. The third-order valence-corrected chi connectivity index (χ3v) is 3.90. The van der Waals surface area contributed by atoms with Gasteiger partial charge in [-0.3, -0.25) is 9.59 Å². The first-order valence-corrected chi connectivity index (χ1v) is 8.24. The lowest BCUT2D eigenvalue weighted by Gasteiger charge is -2.03. The number of para-hydroxylation sites is 1. The smallest absolute Gasteiger partial charge is 0.271 e. The largest absolute Gasteiger partial charge is 0.333 e. The molecule has 0 atom stereocenters. The van der Waals surface area contributed by atoms with Crippen LogP contribution in [0.4, 0.5) is 5.69 Å². The highest BCUT2D eigenvalue weighted by molar-refractivity contribution is 6.00. The van der Waals surface area contributed by atoms with E-state index in [2.05, 4.69) is 21.9 Å². The fraction of sp³-hybridized carbons (Fsp3) is 0.100. The maximum atomic E-state index is 12.2. The molecule has 1 aromatic heterocycles. The van der Waals surface area contributed by atoms with Gasteiger partial charge in [-0.2, -0.15) is 10.4 Å².